The van der Waals surface area contributed by atoms with Crippen molar-refractivity contribution in [1.82, 2.24) is 24.7 Å². The molecule has 0 aliphatic carbocycles. The number of aryl methyl sites for hydroxylation is 1. The average Bonchev–Trinajstić information content (AvgIpc) is 3.39. The summed E-state index contributed by atoms with van der Waals surface area (Å²) in [5.74, 6) is 3.36. The van der Waals surface area contributed by atoms with Gasteiger partial charge in [0.1, 0.15) is 21.4 Å². The van der Waals surface area contributed by atoms with Gasteiger partial charge in [0.05, 0.1) is 35.8 Å². The smallest absolute Gasteiger partial charge is 0.158 e. The van der Waals surface area contributed by atoms with E-state index >= 15 is 0 Å². The molecular weight excluding hydrogens is 538 g/mol. The van der Waals surface area contributed by atoms with Crippen LogP contribution in [-0.2, 0) is 9.84 Å². The Morgan fingerprint density at radius 2 is 1.80 bits per heavy atom. The van der Waals surface area contributed by atoms with Gasteiger partial charge in [-0.25, -0.2) is 18.1 Å². The minimum atomic E-state index is -3.04. The van der Waals surface area contributed by atoms with Crippen LogP contribution >= 0.6 is 0 Å². The van der Waals surface area contributed by atoms with Gasteiger partial charge in [-0.1, -0.05) is 6.92 Å². The van der Waals surface area contributed by atoms with E-state index in [9.17, 15) is 8.42 Å². The minimum absolute atomic E-state index is 0.108. The van der Waals surface area contributed by atoms with Crippen LogP contribution in [0.2, 0.25) is 0 Å². The second-order valence-electron chi connectivity index (χ2n) is 11.6. The molecule has 2 aliphatic heterocycles. The predicted octanol–water partition coefficient (Wildman–Crippen LogP) is 4.30. The molecule has 41 heavy (non-hydrogen) atoms. The van der Waals surface area contributed by atoms with Crippen molar-refractivity contribution < 1.29 is 13.2 Å². The summed E-state index contributed by atoms with van der Waals surface area (Å²) in [5.41, 5.74) is 4.35. The van der Waals surface area contributed by atoms with E-state index in [1.165, 1.54) is 6.26 Å². The fraction of sp³-hybridized carbons (Fsp3) is 0.467. The molecule has 0 spiro atoms. The first-order valence-electron chi connectivity index (χ1n) is 14.2. The van der Waals surface area contributed by atoms with Crippen LogP contribution < -0.4 is 14.5 Å². The van der Waals surface area contributed by atoms with E-state index in [0.29, 0.717) is 18.2 Å². The van der Waals surface area contributed by atoms with Crippen LogP contribution in [0.5, 0.6) is 5.75 Å². The number of aromatic nitrogens is 5. The lowest BCUT2D eigenvalue weighted by Crippen LogP contribution is -2.57. The molecule has 11 heteroatoms. The molecule has 0 N–H and O–H groups in total. The monoisotopic (exact) mass is 575 g/mol. The van der Waals surface area contributed by atoms with Gasteiger partial charge < -0.3 is 14.5 Å². The summed E-state index contributed by atoms with van der Waals surface area (Å²) in [7, 11) is -1.40. The molecular formula is C30H37N7O3S. The molecule has 0 unspecified atom stereocenters. The highest BCUT2D eigenvalue weighted by Gasteiger charge is 2.38. The molecule has 0 aromatic carbocycles. The number of hydrogen-bond donors (Lipinski definition) is 0. The Balaban J connectivity index is 1.44. The first-order valence-corrected chi connectivity index (χ1v) is 16.2. The van der Waals surface area contributed by atoms with Crippen molar-refractivity contribution in [2.45, 2.75) is 39.7 Å². The number of piperidine rings is 1. The van der Waals surface area contributed by atoms with Crippen molar-refractivity contribution in [2.75, 3.05) is 48.6 Å². The first kappa shape index (κ1) is 27.4. The van der Waals surface area contributed by atoms with Gasteiger partial charge in [0.25, 0.3) is 0 Å². The fourth-order valence-corrected chi connectivity index (χ4v) is 7.18. The van der Waals surface area contributed by atoms with Crippen molar-refractivity contribution in [2.24, 2.45) is 11.8 Å². The maximum absolute atomic E-state index is 12.0. The second-order valence-corrected chi connectivity index (χ2v) is 13.8. The molecule has 4 aromatic heterocycles. The van der Waals surface area contributed by atoms with E-state index in [4.69, 9.17) is 19.8 Å². The van der Waals surface area contributed by atoms with E-state index in [1.54, 1.807) is 19.5 Å². The largest absolute Gasteiger partial charge is 0.496 e. The Morgan fingerprint density at radius 1 is 1.05 bits per heavy atom. The summed E-state index contributed by atoms with van der Waals surface area (Å²) in [5, 5.41) is 5.73. The lowest BCUT2D eigenvalue weighted by atomic mass is 9.91. The van der Waals surface area contributed by atoms with Gasteiger partial charge in [-0.05, 0) is 44.7 Å². The van der Waals surface area contributed by atoms with Crippen molar-refractivity contribution >= 4 is 32.2 Å². The highest BCUT2D eigenvalue weighted by molar-refractivity contribution is 7.90. The van der Waals surface area contributed by atoms with Gasteiger partial charge in [0.15, 0.2) is 5.82 Å². The van der Waals surface area contributed by atoms with Gasteiger partial charge >= 0.3 is 0 Å². The Bertz CT molecular complexity index is 1700. The van der Waals surface area contributed by atoms with E-state index in [1.807, 2.05) is 29.9 Å². The third kappa shape index (κ3) is 5.35. The Morgan fingerprint density at radius 3 is 2.51 bits per heavy atom. The normalized spacial score (nSPS) is 19.9. The lowest BCUT2D eigenvalue weighted by molar-refractivity contribution is 0.341. The van der Waals surface area contributed by atoms with Gasteiger partial charge in [-0.3, -0.25) is 9.97 Å². The van der Waals surface area contributed by atoms with E-state index in [2.05, 4.69) is 40.8 Å². The van der Waals surface area contributed by atoms with Crippen molar-refractivity contribution in [3.8, 4) is 22.8 Å². The molecule has 0 amide bonds. The number of hydrogen-bond acceptors (Lipinski definition) is 9. The number of nitrogens with zero attached hydrogens (tertiary/aromatic N) is 7. The summed E-state index contributed by atoms with van der Waals surface area (Å²) in [6.07, 6.45) is 8.88. The zero-order valence-corrected chi connectivity index (χ0v) is 25.1. The second kappa shape index (κ2) is 10.6. The number of sulfone groups is 1. The van der Waals surface area contributed by atoms with E-state index in [-0.39, 0.29) is 17.7 Å². The summed E-state index contributed by atoms with van der Waals surface area (Å²) in [6, 6.07) is 8.17. The van der Waals surface area contributed by atoms with Gasteiger partial charge in [-0.15, -0.1) is 0 Å². The maximum Gasteiger partial charge on any atom is 0.158 e. The number of fused-ring (bicyclic) bond motifs is 1. The molecule has 0 radical (unpaired) electrons. The summed E-state index contributed by atoms with van der Waals surface area (Å²) < 4.78 is 31.4. The number of ether oxygens (including phenoxy) is 1. The minimum Gasteiger partial charge on any atom is -0.496 e. The predicted molar refractivity (Wildman–Crippen MR) is 162 cm³/mol. The fourth-order valence-electron chi connectivity index (χ4n) is 6.02. The average molecular weight is 576 g/mol. The highest BCUT2D eigenvalue weighted by atomic mass is 32.2. The van der Waals surface area contributed by atoms with E-state index < -0.39 is 9.84 Å². The molecule has 2 fully saturated rings. The molecule has 6 rings (SSSR count). The van der Waals surface area contributed by atoms with Crippen LogP contribution in [0.1, 0.15) is 32.4 Å². The lowest BCUT2D eigenvalue weighted by Gasteiger charge is -2.48. The van der Waals surface area contributed by atoms with Gasteiger partial charge in [0.2, 0.25) is 0 Å². The molecule has 216 valence electrons. The molecule has 10 nitrogen and oxygen atoms in total. The SMILES string of the molecule is COc1ccncc1-c1cc2c(cnn2-c2cc(N3C[C@H](CS(C)(=O)=O)[C@H]3C)cc(N3CCC(C)CC3)n2)c(C)n1. The number of pyridine rings is 3. The van der Waals surface area contributed by atoms with Crippen LogP contribution in [0.25, 0.3) is 28.0 Å². The molecule has 2 saturated heterocycles. The zero-order chi connectivity index (χ0) is 28.9. The Kier molecular flexibility index (Phi) is 7.09. The maximum atomic E-state index is 12.0. The van der Waals surface area contributed by atoms with Crippen LogP contribution in [0.15, 0.2) is 42.9 Å². The van der Waals surface area contributed by atoms with Crippen LogP contribution in [0.4, 0.5) is 11.5 Å². The molecule has 0 bridgehead atoms. The first-order chi connectivity index (χ1) is 19.6. The summed E-state index contributed by atoms with van der Waals surface area (Å²) >= 11 is 0. The Labute approximate surface area is 241 Å². The van der Waals surface area contributed by atoms with Crippen molar-refractivity contribution in [3.63, 3.8) is 0 Å². The number of rotatable bonds is 7. The molecule has 6 heterocycles. The summed E-state index contributed by atoms with van der Waals surface area (Å²) in [4.78, 5) is 18.9. The highest BCUT2D eigenvalue weighted by Crippen LogP contribution is 2.37. The topological polar surface area (TPSA) is 106 Å². The molecule has 2 atom stereocenters. The van der Waals surface area contributed by atoms with Gasteiger partial charge in [-0.2, -0.15) is 5.10 Å². The molecule has 2 aliphatic rings. The van der Waals surface area contributed by atoms with Crippen LogP contribution in [-0.4, -0.2) is 77.9 Å². The van der Waals surface area contributed by atoms with Crippen LogP contribution in [0.3, 0.4) is 0 Å². The quantitative estimate of drug-likeness (QED) is 0.319. The number of methoxy groups -OCH3 is 1. The number of anilines is 2. The molecule has 0 saturated carbocycles. The third-order valence-electron chi connectivity index (χ3n) is 8.60. The summed E-state index contributed by atoms with van der Waals surface area (Å²) in [6.45, 7) is 9.00. The van der Waals surface area contributed by atoms with Crippen LogP contribution in [0, 0.1) is 18.8 Å². The van der Waals surface area contributed by atoms with Crippen molar-refractivity contribution in [3.05, 3.63) is 48.5 Å². The Hall–Kier alpha value is -3.73. The van der Waals surface area contributed by atoms with Gasteiger partial charge in [0, 0.05) is 79.1 Å². The zero-order valence-electron chi connectivity index (χ0n) is 24.3. The van der Waals surface area contributed by atoms with E-state index in [0.717, 1.165) is 71.1 Å². The molecule has 4 aromatic rings. The van der Waals surface area contributed by atoms with Crippen molar-refractivity contribution in [1.29, 1.82) is 0 Å². The standard InChI is InChI=1S/C30H37N7O3S/c1-19-7-10-35(11-8-19)29-12-23(36-17-22(21(36)3)18-41(5,38)39)13-30(34-29)37-27-14-26(33-20(2)24(27)16-32-37)25-15-31-9-6-28(25)40-4/h6,9,12-16,19,21-22H,7-8,10-11,17-18H2,1-5H3/t21-,22-/m1/s1. The third-order valence-corrected chi connectivity index (χ3v) is 9.63.